The van der Waals surface area contributed by atoms with Crippen molar-refractivity contribution in [3.8, 4) is 0 Å². The predicted octanol–water partition coefficient (Wildman–Crippen LogP) is 3.06. The summed E-state index contributed by atoms with van der Waals surface area (Å²) in [6.45, 7) is 0. The number of halogens is 2. The van der Waals surface area contributed by atoms with Crippen molar-refractivity contribution in [2.45, 2.75) is 18.4 Å². The van der Waals surface area contributed by atoms with Crippen LogP contribution in [-0.2, 0) is 0 Å². The number of carbonyl (C=O) groups excluding carboxylic acids is 1. The molecule has 1 aliphatic rings. The lowest BCUT2D eigenvalue weighted by Crippen LogP contribution is -2.37. The predicted molar refractivity (Wildman–Crippen MR) is 62.6 cm³/mol. The van der Waals surface area contributed by atoms with Gasteiger partial charge in [-0.3, -0.25) is 4.79 Å². The Bertz CT molecular complexity index is 361. The van der Waals surface area contributed by atoms with E-state index in [9.17, 15) is 4.79 Å². The summed E-state index contributed by atoms with van der Waals surface area (Å²) in [5, 5.41) is 6.18. The molecule has 1 N–H and O–H groups in total. The van der Waals surface area contributed by atoms with Gasteiger partial charge in [-0.2, -0.15) is 0 Å². The van der Waals surface area contributed by atoms with E-state index in [0.29, 0.717) is 9.90 Å². The van der Waals surface area contributed by atoms with Crippen LogP contribution in [0.5, 0.6) is 0 Å². The Morgan fingerprint density at radius 1 is 1.71 bits per heavy atom. The normalized spacial score (nSPS) is 17.9. The fraction of sp³-hybridized carbons (Fsp3) is 0.444. The molecule has 76 valence electrons. The second-order valence-electron chi connectivity index (χ2n) is 3.47. The van der Waals surface area contributed by atoms with Crippen molar-refractivity contribution in [2.24, 2.45) is 0 Å². The molecule has 0 saturated heterocycles. The third kappa shape index (κ3) is 1.97. The van der Waals surface area contributed by atoms with Gasteiger partial charge in [-0.05, 0) is 24.3 Å². The molecule has 0 aromatic carbocycles. The number of alkyl halides is 1. The summed E-state index contributed by atoms with van der Waals surface area (Å²) in [5.74, 6) is -0.0537. The number of hydrogen-bond donors (Lipinski definition) is 1. The van der Waals surface area contributed by atoms with Crippen LogP contribution in [0.4, 0.5) is 0 Å². The Morgan fingerprint density at radius 3 is 2.86 bits per heavy atom. The smallest absolute Gasteiger partial charge is 0.263 e. The van der Waals surface area contributed by atoms with Gasteiger partial charge in [0.2, 0.25) is 0 Å². The SMILES string of the molecule is O=C(NC1(CBr)CC1)c1sccc1Cl. The van der Waals surface area contributed by atoms with E-state index in [1.54, 1.807) is 6.07 Å². The van der Waals surface area contributed by atoms with E-state index in [2.05, 4.69) is 21.2 Å². The van der Waals surface area contributed by atoms with Crippen LogP contribution in [0.2, 0.25) is 5.02 Å². The zero-order chi connectivity index (χ0) is 10.2. The fourth-order valence-electron chi connectivity index (χ4n) is 1.20. The summed E-state index contributed by atoms with van der Waals surface area (Å²) in [7, 11) is 0. The van der Waals surface area contributed by atoms with E-state index in [0.717, 1.165) is 18.2 Å². The fourth-order valence-corrected chi connectivity index (χ4v) is 2.93. The topological polar surface area (TPSA) is 29.1 Å². The molecule has 0 bridgehead atoms. The van der Waals surface area contributed by atoms with Crippen molar-refractivity contribution in [1.82, 2.24) is 5.32 Å². The molecular formula is C9H9BrClNOS. The summed E-state index contributed by atoms with van der Waals surface area (Å²) < 4.78 is 0. The molecule has 1 amide bonds. The van der Waals surface area contributed by atoms with E-state index in [1.807, 2.05) is 5.38 Å². The maximum atomic E-state index is 11.7. The summed E-state index contributed by atoms with van der Waals surface area (Å²) in [6, 6.07) is 1.74. The Kier molecular flexibility index (Phi) is 2.86. The van der Waals surface area contributed by atoms with E-state index >= 15 is 0 Å². The Morgan fingerprint density at radius 2 is 2.43 bits per heavy atom. The van der Waals surface area contributed by atoms with E-state index in [1.165, 1.54) is 11.3 Å². The average Bonchev–Trinajstić information content (AvgIpc) is 2.80. The molecule has 1 aromatic rings. The second-order valence-corrected chi connectivity index (χ2v) is 5.35. The summed E-state index contributed by atoms with van der Waals surface area (Å²) >= 11 is 10.6. The number of thiophene rings is 1. The molecule has 1 fully saturated rings. The van der Waals surface area contributed by atoms with Gasteiger partial charge in [-0.15, -0.1) is 11.3 Å². The first-order valence-corrected chi connectivity index (χ1v) is 6.66. The molecule has 0 spiro atoms. The molecule has 2 nitrogen and oxygen atoms in total. The third-order valence-electron chi connectivity index (χ3n) is 2.31. The van der Waals surface area contributed by atoms with Gasteiger partial charge in [0, 0.05) is 5.33 Å². The summed E-state index contributed by atoms with van der Waals surface area (Å²) in [4.78, 5) is 12.3. The first-order valence-electron chi connectivity index (χ1n) is 4.28. The summed E-state index contributed by atoms with van der Waals surface area (Å²) in [6.07, 6.45) is 2.10. The Labute approximate surface area is 99.8 Å². The quantitative estimate of drug-likeness (QED) is 0.853. The Hall–Kier alpha value is -0.0600. The highest BCUT2D eigenvalue weighted by Crippen LogP contribution is 2.37. The standard InChI is InChI=1S/C9H9BrClNOS/c10-5-9(2-3-9)12-8(13)7-6(11)1-4-14-7/h1,4H,2-3,5H2,(H,12,13). The lowest BCUT2D eigenvalue weighted by atomic mass is 10.3. The monoisotopic (exact) mass is 293 g/mol. The van der Waals surface area contributed by atoms with Gasteiger partial charge in [0.25, 0.3) is 5.91 Å². The minimum atomic E-state index is -0.0537. The molecule has 0 radical (unpaired) electrons. The first-order chi connectivity index (χ1) is 6.67. The van der Waals surface area contributed by atoms with E-state index in [-0.39, 0.29) is 11.4 Å². The highest BCUT2D eigenvalue weighted by Gasteiger charge is 2.43. The van der Waals surface area contributed by atoms with Crippen LogP contribution in [0.3, 0.4) is 0 Å². The molecule has 1 aliphatic carbocycles. The largest absolute Gasteiger partial charge is 0.345 e. The van der Waals surface area contributed by atoms with Gasteiger partial charge < -0.3 is 5.32 Å². The number of hydrogen-bond acceptors (Lipinski definition) is 2. The number of amides is 1. The average molecular weight is 295 g/mol. The molecule has 1 heterocycles. The van der Waals surface area contributed by atoms with Crippen LogP contribution in [0.1, 0.15) is 22.5 Å². The molecule has 1 aromatic heterocycles. The highest BCUT2D eigenvalue weighted by atomic mass is 79.9. The lowest BCUT2D eigenvalue weighted by Gasteiger charge is -2.13. The van der Waals surface area contributed by atoms with Crippen molar-refractivity contribution in [3.05, 3.63) is 21.3 Å². The van der Waals surface area contributed by atoms with Crippen LogP contribution >= 0.6 is 38.9 Å². The number of rotatable bonds is 3. The van der Waals surface area contributed by atoms with Crippen molar-refractivity contribution in [2.75, 3.05) is 5.33 Å². The van der Waals surface area contributed by atoms with Gasteiger partial charge in [0.1, 0.15) is 4.88 Å². The lowest BCUT2D eigenvalue weighted by molar-refractivity contribution is 0.0941. The number of carbonyl (C=O) groups is 1. The van der Waals surface area contributed by atoms with Gasteiger partial charge >= 0.3 is 0 Å². The zero-order valence-corrected chi connectivity index (χ0v) is 10.5. The van der Waals surface area contributed by atoms with Crippen LogP contribution in [0.15, 0.2) is 11.4 Å². The molecule has 0 unspecified atom stereocenters. The van der Waals surface area contributed by atoms with Crippen molar-refractivity contribution < 1.29 is 4.79 Å². The molecular weight excluding hydrogens is 286 g/mol. The van der Waals surface area contributed by atoms with Crippen LogP contribution in [-0.4, -0.2) is 16.8 Å². The van der Waals surface area contributed by atoms with Crippen molar-refractivity contribution >= 4 is 44.8 Å². The zero-order valence-electron chi connectivity index (χ0n) is 7.35. The van der Waals surface area contributed by atoms with Crippen LogP contribution < -0.4 is 5.32 Å². The number of nitrogens with one attached hydrogen (secondary N) is 1. The van der Waals surface area contributed by atoms with Gasteiger partial charge in [-0.1, -0.05) is 27.5 Å². The van der Waals surface area contributed by atoms with Gasteiger partial charge in [0.05, 0.1) is 10.6 Å². The molecule has 14 heavy (non-hydrogen) atoms. The molecule has 2 rings (SSSR count). The van der Waals surface area contributed by atoms with Gasteiger partial charge in [-0.25, -0.2) is 0 Å². The van der Waals surface area contributed by atoms with Crippen LogP contribution in [0.25, 0.3) is 0 Å². The summed E-state index contributed by atoms with van der Waals surface area (Å²) in [5.41, 5.74) is -0.00952. The van der Waals surface area contributed by atoms with Crippen molar-refractivity contribution in [1.29, 1.82) is 0 Å². The molecule has 0 atom stereocenters. The molecule has 5 heteroatoms. The second kappa shape index (κ2) is 3.83. The minimum absolute atomic E-state index is 0.00952. The van der Waals surface area contributed by atoms with Crippen molar-refractivity contribution in [3.63, 3.8) is 0 Å². The van der Waals surface area contributed by atoms with E-state index < -0.39 is 0 Å². The maximum Gasteiger partial charge on any atom is 0.263 e. The molecule has 1 saturated carbocycles. The van der Waals surface area contributed by atoms with Gasteiger partial charge in [0.15, 0.2) is 0 Å². The maximum absolute atomic E-state index is 11.7. The molecule has 0 aliphatic heterocycles. The van der Waals surface area contributed by atoms with E-state index in [4.69, 9.17) is 11.6 Å². The van der Waals surface area contributed by atoms with Crippen LogP contribution in [0, 0.1) is 0 Å². The third-order valence-corrected chi connectivity index (χ3v) is 4.73. The highest BCUT2D eigenvalue weighted by molar-refractivity contribution is 9.09. The minimum Gasteiger partial charge on any atom is -0.345 e. The Balaban J connectivity index is 2.07. The first kappa shape index (κ1) is 10.5.